The molecule has 3 saturated heterocycles. The zero-order chi connectivity index (χ0) is 31.0. The predicted molar refractivity (Wildman–Crippen MR) is 168 cm³/mol. The highest BCUT2D eigenvalue weighted by molar-refractivity contribution is 8.02. The van der Waals surface area contributed by atoms with Crippen LogP contribution in [0.2, 0.25) is 0 Å². The molecule has 4 rings (SSSR count). The molecule has 0 aromatic heterocycles. The molecule has 1 spiro atoms. The van der Waals surface area contributed by atoms with Crippen molar-refractivity contribution in [1.29, 1.82) is 0 Å². The first-order valence-corrected chi connectivity index (χ1v) is 16.0. The molecule has 2 amide bonds. The molecule has 7 nitrogen and oxygen atoms in total. The Morgan fingerprint density at radius 1 is 1.19 bits per heavy atom. The van der Waals surface area contributed by atoms with Crippen LogP contribution in [0.15, 0.2) is 55.6 Å². The van der Waals surface area contributed by atoms with E-state index in [1.165, 1.54) is 6.08 Å². The van der Waals surface area contributed by atoms with Gasteiger partial charge in [-0.1, -0.05) is 76.8 Å². The maximum atomic E-state index is 15.1. The third kappa shape index (κ3) is 5.69. The molecule has 1 aromatic rings. The molecule has 7 atom stereocenters. The van der Waals surface area contributed by atoms with E-state index in [-0.39, 0.29) is 41.6 Å². The third-order valence-electron chi connectivity index (χ3n) is 9.22. The number of amides is 2. The monoisotopic (exact) mass is 596 g/mol. The largest absolute Gasteiger partial charge is 0.461 e. The summed E-state index contributed by atoms with van der Waals surface area (Å²) in [6.07, 6.45) is 5.12. The standard InChI is InChI=1S/C34H48N2O5S/c1-9-16-35(33(7,8)21-32(4,5)6)30(39)28-34-22(3)18-25(42-34)26(31(40)41-17-10-2)27(34)29(38)36(28)24(20-37)19-23-14-12-11-13-15-23/h9-15,22,24-28,37H,1-2,16-21H2,3-8H3/t22?,24-,25-,26+,27+,28?,34?/m1/s1. The van der Waals surface area contributed by atoms with Gasteiger partial charge in [0.1, 0.15) is 12.6 Å². The van der Waals surface area contributed by atoms with Gasteiger partial charge in [-0.3, -0.25) is 14.4 Å². The highest BCUT2D eigenvalue weighted by Crippen LogP contribution is 2.69. The van der Waals surface area contributed by atoms with Crippen molar-refractivity contribution in [2.75, 3.05) is 19.8 Å². The summed E-state index contributed by atoms with van der Waals surface area (Å²) in [7, 11) is 0. The van der Waals surface area contributed by atoms with E-state index < -0.39 is 40.2 Å². The molecule has 3 aliphatic heterocycles. The highest BCUT2D eigenvalue weighted by Gasteiger charge is 2.77. The lowest BCUT2D eigenvalue weighted by Gasteiger charge is -2.47. The zero-order valence-corrected chi connectivity index (χ0v) is 26.9. The number of fused-ring (bicyclic) bond motifs is 1. The number of benzene rings is 1. The number of aliphatic hydroxyl groups is 1. The van der Waals surface area contributed by atoms with Gasteiger partial charge in [-0.05, 0) is 50.0 Å². The van der Waals surface area contributed by atoms with E-state index in [0.717, 1.165) is 18.4 Å². The molecular formula is C34H48N2O5S. The first-order valence-electron chi connectivity index (χ1n) is 15.1. The van der Waals surface area contributed by atoms with Gasteiger partial charge in [-0.25, -0.2) is 0 Å². The topological polar surface area (TPSA) is 87.1 Å². The molecule has 2 bridgehead atoms. The van der Waals surface area contributed by atoms with Crippen LogP contribution in [0.4, 0.5) is 0 Å². The van der Waals surface area contributed by atoms with Gasteiger partial charge in [0.25, 0.3) is 0 Å². The molecule has 3 heterocycles. The number of nitrogens with zero attached hydrogens (tertiary/aromatic N) is 2. The zero-order valence-electron chi connectivity index (χ0n) is 26.0. The number of likely N-dealkylation sites (tertiary alicyclic amines) is 1. The number of ether oxygens (including phenoxy) is 1. The second kappa shape index (κ2) is 12.2. The van der Waals surface area contributed by atoms with Crippen molar-refractivity contribution in [1.82, 2.24) is 9.80 Å². The van der Waals surface area contributed by atoms with Crippen LogP contribution in [0.25, 0.3) is 0 Å². The van der Waals surface area contributed by atoms with Gasteiger partial charge in [0.2, 0.25) is 11.8 Å². The lowest BCUT2D eigenvalue weighted by Crippen LogP contribution is -2.63. The summed E-state index contributed by atoms with van der Waals surface area (Å²) in [5.41, 5.74) is 0.380. The molecule has 3 fully saturated rings. The summed E-state index contributed by atoms with van der Waals surface area (Å²) in [4.78, 5) is 46.7. The molecule has 230 valence electrons. The Kier molecular flexibility index (Phi) is 9.39. The molecule has 1 aromatic carbocycles. The average molecular weight is 597 g/mol. The summed E-state index contributed by atoms with van der Waals surface area (Å²) in [5, 5.41) is 10.7. The van der Waals surface area contributed by atoms with Crippen molar-refractivity contribution < 1.29 is 24.2 Å². The van der Waals surface area contributed by atoms with Crippen LogP contribution in [0.3, 0.4) is 0 Å². The van der Waals surface area contributed by atoms with Gasteiger partial charge in [0.15, 0.2) is 0 Å². The Labute approximate surface area is 255 Å². The van der Waals surface area contributed by atoms with Gasteiger partial charge in [0.05, 0.1) is 29.2 Å². The lowest BCUT2D eigenvalue weighted by molar-refractivity contribution is -0.154. The first kappa shape index (κ1) is 32.3. The molecule has 8 heteroatoms. The number of esters is 1. The van der Waals surface area contributed by atoms with E-state index in [2.05, 4.69) is 54.7 Å². The van der Waals surface area contributed by atoms with Crippen LogP contribution in [0, 0.1) is 23.2 Å². The summed E-state index contributed by atoms with van der Waals surface area (Å²) >= 11 is 1.62. The first-order chi connectivity index (χ1) is 19.7. The Morgan fingerprint density at radius 3 is 2.43 bits per heavy atom. The van der Waals surface area contributed by atoms with Crippen molar-refractivity contribution in [3.63, 3.8) is 0 Å². The third-order valence-corrected chi connectivity index (χ3v) is 11.3. The predicted octanol–water partition coefficient (Wildman–Crippen LogP) is 4.89. The van der Waals surface area contributed by atoms with Gasteiger partial charge in [-0.15, -0.1) is 18.3 Å². The smallest absolute Gasteiger partial charge is 0.311 e. The fraction of sp³-hybridized carbons (Fsp3) is 0.618. The minimum atomic E-state index is -0.836. The summed E-state index contributed by atoms with van der Waals surface area (Å²) in [6, 6.07) is 8.26. The normalized spacial score (nSPS) is 29.3. The molecule has 42 heavy (non-hydrogen) atoms. The van der Waals surface area contributed by atoms with Crippen LogP contribution in [-0.4, -0.2) is 80.1 Å². The molecule has 0 aliphatic carbocycles. The van der Waals surface area contributed by atoms with Crippen molar-refractivity contribution in [3.8, 4) is 0 Å². The number of carbonyl (C=O) groups is 3. The fourth-order valence-electron chi connectivity index (χ4n) is 8.08. The number of hydrogen-bond acceptors (Lipinski definition) is 6. The van der Waals surface area contributed by atoms with E-state index in [9.17, 15) is 14.7 Å². The lowest BCUT2D eigenvalue weighted by atomic mass is 9.66. The van der Waals surface area contributed by atoms with Crippen LogP contribution in [-0.2, 0) is 25.5 Å². The van der Waals surface area contributed by atoms with Crippen LogP contribution >= 0.6 is 11.8 Å². The van der Waals surface area contributed by atoms with E-state index in [1.807, 2.05) is 35.2 Å². The Morgan fingerprint density at radius 2 is 1.86 bits per heavy atom. The van der Waals surface area contributed by atoms with Crippen LogP contribution in [0.1, 0.15) is 59.9 Å². The van der Waals surface area contributed by atoms with E-state index >= 15 is 4.79 Å². The molecule has 3 unspecified atom stereocenters. The number of hydrogen-bond donors (Lipinski definition) is 1. The summed E-state index contributed by atoms with van der Waals surface area (Å²) in [5.74, 6) is -2.14. The SMILES string of the molecule is C=CCOC(=O)[C@@H]1[C@H]2C(=O)N([C@@H](CO)Cc3ccccc3)C(C(=O)N(CC=C)C(C)(C)CC(C)(C)C)C23S[C@@H]1CC3C. The molecule has 1 N–H and O–H groups in total. The van der Waals surface area contributed by atoms with Crippen molar-refractivity contribution in [2.45, 2.75) is 88.4 Å². The maximum absolute atomic E-state index is 15.1. The van der Waals surface area contributed by atoms with Gasteiger partial charge >= 0.3 is 5.97 Å². The quantitative estimate of drug-likeness (QED) is 0.273. The molecular weight excluding hydrogens is 548 g/mol. The van der Waals surface area contributed by atoms with Crippen LogP contribution in [0.5, 0.6) is 0 Å². The van der Waals surface area contributed by atoms with Crippen molar-refractivity contribution in [3.05, 3.63) is 61.2 Å². The van der Waals surface area contributed by atoms with E-state index in [4.69, 9.17) is 4.74 Å². The average Bonchev–Trinajstić information content (AvgIpc) is 3.51. The van der Waals surface area contributed by atoms with Gasteiger partial charge < -0.3 is 19.6 Å². The van der Waals surface area contributed by atoms with Crippen molar-refractivity contribution in [2.24, 2.45) is 23.2 Å². The Hall–Kier alpha value is -2.58. The molecule has 3 aliphatic rings. The summed E-state index contributed by atoms with van der Waals surface area (Å²) in [6.45, 7) is 20.4. The minimum Gasteiger partial charge on any atom is -0.461 e. The van der Waals surface area contributed by atoms with Crippen molar-refractivity contribution >= 4 is 29.5 Å². The number of rotatable bonds is 12. The number of aliphatic hydroxyl groups excluding tert-OH is 1. The van der Waals surface area contributed by atoms with E-state index in [0.29, 0.717) is 13.0 Å². The number of carbonyl (C=O) groups excluding carboxylic acids is 3. The highest BCUT2D eigenvalue weighted by atomic mass is 32.2. The van der Waals surface area contributed by atoms with Gasteiger partial charge in [0, 0.05) is 17.3 Å². The second-order valence-electron chi connectivity index (χ2n) is 14.0. The molecule has 0 saturated carbocycles. The Bertz CT molecular complexity index is 1190. The fourth-order valence-corrected chi connectivity index (χ4v) is 10.5. The minimum absolute atomic E-state index is 0.0104. The second-order valence-corrected chi connectivity index (χ2v) is 15.6. The van der Waals surface area contributed by atoms with Crippen LogP contribution < -0.4 is 0 Å². The Balaban J connectivity index is 1.85. The maximum Gasteiger partial charge on any atom is 0.311 e. The number of thioether (sulfide) groups is 1. The van der Waals surface area contributed by atoms with E-state index in [1.54, 1.807) is 22.7 Å². The summed E-state index contributed by atoms with van der Waals surface area (Å²) < 4.78 is 4.72. The van der Waals surface area contributed by atoms with Gasteiger partial charge in [-0.2, -0.15) is 0 Å². The molecule has 0 radical (unpaired) electrons.